The molecule has 0 fully saturated rings. The highest BCUT2D eigenvalue weighted by molar-refractivity contribution is 6.30. The second kappa shape index (κ2) is 5.57. The van der Waals surface area contributed by atoms with Crippen LogP contribution in [0.1, 0.15) is 5.76 Å². The first kappa shape index (κ1) is 14.2. The Bertz CT molecular complexity index is 832. The predicted molar refractivity (Wildman–Crippen MR) is 84.8 cm³/mol. The van der Waals surface area contributed by atoms with Gasteiger partial charge in [-0.15, -0.1) is 0 Å². The minimum Gasteiger partial charge on any atom is -0.461 e. The molecule has 0 unspecified atom stereocenters. The first-order valence-corrected chi connectivity index (χ1v) is 6.83. The lowest BCUT2D eigenvalue weighted by Crippen LogP contribution is -2.01. The van der Waals surface area contributed by atoms with Crippen molar-refractivity contribution in [3.63, 3.8) is 0 Å². The van der Waals surface area contributed by atoms with E-state index in [0.29, 0.717) is 22.3 Å². The number of ether oxygens (including phenoxy) is 1. The van der Waals surface area contributed by atoms with Gasteiger partial charge in [-0.2, -0.15) is 4.98 Å². The maximum atomic E-state index is 6.05. The van der Waals surface area contributed by atoms with Crippen molar-refractivity contribution in [2.45, 2.75) is 6.92 Å². The van der Waals surface area contributed by atoms with Crippen LogP contribution in [0.2, 0.25) is 5.02 Å². The van der Waals surface area contributed by atoms with Crippen molar-refractivity contribution < 1.29 is 9.15 Å². The molecule has 0 aliphatic rings. The van der Waals surface area contributed by atoms with Crippen LogP contribution >= 0.6 is 11.6 Å². The molecular formula is C15H13ClN4O2. The van der Waals surface area contributed by atoms with Crippen LogP contribution in [-0.2, 0) is 0 Å². The third kappa shape index (κ3) is 2.82. The summed E-state index contributed by atoms with van der Waals surface area (Å²) in [5, 5.41) is 0.525. The number of aryl methyl sites for hydroxylation is 1. The first-order chi connectivity index (χ1) is 10.5. The summed E-state index contributed by atoms with van der Waals surface area (Å²) in [7, 11) is 0. The van der Waals surface area contributed by atoms with Gasteiger partial charge in [0.05, 0.1) is 11.8 Å². The highest BCUT2D eigenvalue weighted by Gasteiger charge is 2.14. The summed E-state index contributed by atoms with van der Waals surface area (Å²) >= 11 is 6.05. The summed E-state index contributed by atoms with van der Waals surface area (Å²) < 4.78 is 11.4. The molecule has 0 aliphatic carbocycles. The largest absolute Gasteiger partial charge is 0.461 e. The number of halogens is 1. The Hall–Kier alpha value is -2.73. The van der Waals surface area contributed by atoms with Gasteiger partial charge in [0, 0.05) is 11.1 Å². The molecule has 0 spiro atoms. The van der Waals surface area contributed by atoms with Crippen LogP contribution in [0.5, 0.6) is 11.5 Å². The van der Waals surface area contributed by atoms with Gasteiger partial charge in [-0.3, -0.25) is 0 Å². The quantitative estimate of drug-likeness (QED) is 0.765. The average Bonchev–Trinajstić information content (AvgIpc) is 2.88. The molecule has 2 heterocycles. The molecule has 0 bridgehead atoms. The van der Waals surface area contributed by atoms with Crippen LogP contribution in [0.25, 0.3) is 11.3 Å². The van der Waals surface area contributed by atoms with Gasteiger partial charge in [-0.25, -0.2) is 4.98 Å². The second-order valence-electron chi connectivity index (χ2n) is 4.63. The minimum atomic E-state index is 0.0813. The van der Waals surface area contributed by atoms with Gasteiger partial charge in [0.25, 0.3) is 0 Å². The van der Waals surface area contributed by atoms with E-state index < -0.39 is 0 Å². The maximum absolute atomic E-state index is 6.05. The van der Waals surface area contributed by atoms with E-state index in [2.05, 4.69) is 9.97 Å². The zero-order chi connectivity index (χ0) is 15.7. The fourth-order valence-electron chi connectivity index (χ4n) is 1.96. The van der Waals surface area contributed by atoms with Crippen LogP contribution in [0.4, 0.5) is 11.8 Å². The number of aromatic nitrogens is 2. The summed E-state index contributed by atoms with van der Waals surface area (Å²) in [4.78, 5) is 7.73. The number of furan rings is 1. The van der Waals surface area contributed by atoms with E-state index in [1.807, 2.05) is 25.1 Å². The van der Waals surface area contributed by atoms with Crippen molar-refractivity contribution in [3.05, 3.63) is 47.3 Å². The number of hydrogen-bond acceptors (Lipinski definition) is 6. The highest BCUT2D eigenvalue weighted by atomic mass is 35.5. The molecule has 2 aromatic heterocycles. The highest BCUT2D eigenvalue weighted by Crippen LogP contribution is 2.37. The molecule has 22 heavy (non-hydrogen) atoms. The Kier molecular flexibility index (Phi) is 3.60. The summed E-state index contributed by atoms with van der Waals surface area (Å²) in [5.74, 6) is 2.47. The van der Waals surface area contributed by atoms with Gasteiger partial charge < -0.3 is 20.6 Å². The Morgan fingerprint density at radius 2 is 1.95 bits per heavy atom. The Labute approximate surface area is 131 Å². The number of nitrogen functional groups attached to an aromatic ring is 2. The van der Waals surface area contributed by atoms with E-state index in [1.54, 1.807) is 12.1 Å². The number of benzene rings is 1. The van der Waals surface area contributed by atoms with Crippen LogP contribution < -0.4 is 16.2 Å². The van der Waals surface area contributed by atoms with E-state index >= 15 is 0 Å². The standard InChI is InChI=1S/C15H13ClN4O2/c1-8-2-5-11(21-8)10-4-3-9(16)6-12(10)22-13-7-19-15(18)20-14(13)17/h2-7H,1H3,(H4,17,18,19,20). The van der Waals surface area contributed by atoms with Gasteiger partial charge in [0.2, 0.25) is 5.95 Å². The molecule has 3 aromatic rings. The van der Waals surface area contributed by atoms with E-state index in [0.717, 1.165) is 11.3 Å². The third-order valence-electron chi connectivity index (χ3n) is 2.97. The van der Waals surface area contributed by atoms with Crippen LogP contribution in [0.15, 0.2) is 40.9 Å². The van der Waals surface area contributed by atoms with Crippen molar-refractivity contribution >= 4 is 23.4 Å². The topological polar surface area (TPSA) is 100 Å². The first-order valence-electron chi connectivity index (χ1n) is 6.45. The van der Waals surface area contributed by atoms with E-state index in [9.17, 15) is 0 Å². The number of nitrogens with two attached hydrogens (primary N) is 2. The van der Waals surface area contributed by atoms with E-state index in [1.165, 1.54) is 6.20 Å². The van der Waals surface area contributed by atoms with Gasteiger partial charge in [-0.05, 0) is 31.2 Å². The summed E-state index contributed by atoms with van der Waals surface area (Å²) in [6, 6.07) is 8.96. The van der Waals surface area contributed by atoms with Crippen molar-refractivity contribution in [1.29, 1.82) is 0 Å². The molecule has 7 heteroatoms. The Morgan fingerprint density at radius 3 is 2.64 bits per heavy atom. The molecule has 0 saturated heterocycles. The zero-order valence-corrected chi connectivity index (χ0v) is 12.5. The third-order valence-corrected chi connectivity index (χ3v) is 3.21. The SMILES string of the molecule is Cc1ccc(-c2ccc(Cl)cc2Oc2cnc(N)nc2N)o1. The molecule has 0 aliphatic heterocycles. The lowest BCUT2D eigenvalue weighted by atomic mass is 10.1. The predicted octanol–water partition coefficient (Wildman–Crippen LogP) is 3.66. The Morgan fingerprint density at radius 1 is 1.14 bits per heavy atom. The number of anilines is 2. The smallest absolute Gasteiger partial charge is 0.222 e. The molecule has 6 nitrogen and oxygen atoms in total. The number of hydrogen-bond donors (Lipinski definition) is 2. The number of nitrogens with zero attached hydrogens (tertiary/aromatic N) is 2. The van der Waals surface area contributed by atoms with E-state index in [-0.39, 0.29) is 11.8 Å². The molecule has 112 valence electrons. The molecule has 0 saturated carbocycles. The van der Waals surface area contributed by atoms with Crippen LogP contribution in [-0.4, -0.2) is 9.97 Å². The molecule has 4 N–H and O–H groups in total. The van der Waals surface area contributed by atoms with Gasteiger partial charge in [-0.1, -0.05) is 11.6 Å². The lowest BCUT2D eigenvalue weighted by molar-refractivity contribution is 0.477. The minimum absolute atomic E-state index is 0.0813. The van der Waals surface area contributed by atoms with Crippen molar-refractivity contribution in [3.8, 4) is 22.8 Å². The lowest BCUT2D eigenvalue weighted by Gasteiger charge is -2.11. The van der Waals surface area contributed by atoms with Crippen molar-refractivity contribution in [1.82, 2.24) is 9.97 Å². The maximum Gasteiger partial charge on any atom is 0.222 e. The average molecular weight is 317 g/mol. The van der Waals surface area contributed by atoms with Gasteiger partial charge >= 0.3 is 0 Å². The summed E-state index contributed by atoms with van der Waals surface area (Å²) in [6.07, 6.45) is 1.41. The van der Waals surface area contributed by atoms with Gasteiger partial charge in [0.15, 0.2) is 11.6 Å². The molecular weight excluding hydrogens is 304 g/mol. The molecule has 0 radical (unpaired) electrons. The monoisotopic (exact) mass is 316 g/mol. The molecule has 0 amide bonds. The van der Waals surface area contributed by atoms with Gasteiger partial charge in [0.1, 0.15) is 17.3 Å². The molecule has 3 rings (SSSR count). The zero-order valence-electron chi connectivity index (χ0n) is 11.7. The fourth-order valence-corrected chi connectivity index (χ4v) is 2.12. The summed E-state index contributed by atoms with van der Waals surface area (Å²) in [5.41, 5.74) is 12.0. The summed E-state index contributed by atoms with van der Waals surface area (Å²) in [6.45, 7) is 1.87. The number of rotatable bonds is 3. The van der Waals surface area contributed by atoms with Crippen LogP contribution in [0, 0.1) is 6.92 Å². The molecule has 1 aromatic carbocycles. The van der Waals surface area contributed by atoms with E-state index in [4.69, 9.17) is 32.2 Å². The van der Waals surface area contributed by atoms with Crippen molar-refractivity contribution in [2.24, 2.45) is 0 Å². The molecule has 0 atom stereocenters. The fraction of sp³-hybridized carbons (Fsp3) is 0.0667. The van der Waals surface area contributed by atoms with Crippen molar-refractivity contribution in [2.75, 3.05) is 11.5 Å². The van der Waals surface area contributed by atoms with Crippen LogP contribution in [0.3, 0.4) is 0 Å². The Balaban J connectivity index is 2.04. The second-order valence-corrected chi connectivity index (χ2v) is 5.07. The normalized spacial score (nSPS) is 10.6.